The summed E-state index contributed by atoms with van der Waals surface area (Å²) >= 11 is 1.68. The van der Waals surface area contributed by atoms with Crippen molar-refractivity contribution in [3.8, 4) is 5.75 Å². The van der Waals surface area contributed by atoms with Gasteiger partial charge >= 0.3 is 5.97 Å². The summed E-state index contributed by atoms with van der Waals surface area (Å²) < 4.78 is 19.1. The predicted octanol–water partition coefficient (Wildman–Crippen LogP) is 4.65. The molecular weight excluding hydrogens is 375 g/mol. The number of hydrogen-bond acceptors (Lipinski definition) is 6. The van der Waals surface area contributed by atoms with Gasteiger partial charge in [0.15, 0.2) is 0 Å². The van der Waals surface area contributed by atoms with Crippen molar-refractivity contribution in [1.82, 2.24) is 0 Å². The molecule has 26 heavy (non-hydrogen) atoms. The molecule has 0 unspecified atom stereocenters. The van der Waals surface area contributed by atoms with Gasteiger partial charge < -0.3 is 4.74 Å². The molecule has 0 saturated heterocycles. The molecule has 2 aromatic carbocycles. The minimum Gasteiger partial charge on any atom is -0.423 e. The molecule has 132 valence electrons. The van der Waals surface area contributed by atoms with Gasteiger partial charge in [-0.25, -0.2) is 9.18 Å². The molecule has 4 nitrogen and oxygen atoms in total. The highest BCUT2D eigenvalue weighted by Crippen LogP contribution is 2.27. The average molecular weight is 388 g/mol. The number of ether oxygens (including phenoxy) is 1. The minimum atomic E-state index is -0.676. The van der Waals surface area contributed by atoms with E-state index in [1.165, 1.54) is 30.3 Å². The second kappa shape index (κ2) is 9.17. The Morgan fingerprint density at radius 3 is 2.12 bits per heavy atom. The summed E-state index contributed by atoms with van der Waals surface area (Å²) in [5, 5.41) is -0.592. The molecule has 0 aromatic heterocycles. The van der Waals surface area contributed by atoms with Crippen LogP contribution < -0.4 is 4.74 Å². The molecule has 0 amide bonds. The Morgan fingerprint density at radius 2 is 1.54 bits per heavy atom. The highest BCUT2D eigenvalue weighted by Gasteiger charge is 2.13. The summed E-state index contributed by atoms with van der Waals surface area (Å²) in [6.45, 7) is 6.70. The third-order valence-electron chi connectivity index (χ3n) is 2.97. The summed E-state index contributed by atoms with van der Waals surface area (Å²) in [7, 11) is 0. The number of thioether (sulfide) groups is 2. The predicted molar refractivity (Wildman–Crippen MR) is 99.9 cm³/mol. The van der Waals surface area contributed by atoms with E-state index in [1.807, 2.05) is 0 Å². The van der Waals surface area contributed by atoms with Crippen LogP contribution in [0.4, 0.5) is 4.39 Å². The first-order valence-electron chi connectivity index (χ1n) is 7.23. The number of carbonyl (C=O) groups is 3. The van der Waals surface area contributed by atoms with E-state index < -0.39 is 11.8 Å². The first-order valence-corrected chi connectivity index (χ1v) is 8.86. The van der Waals surface area contributed by atoms with Crippen molar-refractivity contribution in [3.63, 3.8) is 0 Å². The smallest absolute Gasteiger partial charge is 0.343 e. The standard InChI is InChI=1S/C19H13FO4S2/c1-3-17(21)25-14-8-5-12(6-9-14)19(23)24-13-7-10-16(15(20)11-13)26-18(22)4-2/h3-11H,1-2H2. The lowest BCUT2D eigenvalue weighted by Gasteiger charge is -2.07. The van der Waals surface area contributed by atoms with Gasteiger partial charge in [-0.2, -0.15) is 0 Å². The lowest BCUT2D eigenvalue weighted by molar-refractivity contribution is -0.107. The quantitative estimate of drug-likeness (QED) is 0.311. The summed E-state index contributed by atoms with van der Waals surface area (Å²) in [5.41, 5.74) is 0.251. The van der Waals surface area contributed by atoms with Crippen LogP contribution in [0.15, 0.2) is 77.6 Å². The average Bonchev–Trinajstić information content (AvgIpc) is 2.64. The largest absolute Gasteiger partial charge is 0.423 e. The number of hydrogen-bond donors (Lipinski definition) is 0. The van der Waals surface area contributed by atoms with E-state index in [0.717, 1.165) is 23.9 Å². The molecular formula is C19H13FO4S2. The second-order valence-electron chi connectivity index (χ2n) is 4.76. The van der Waals surface area contributed by atoms with Gasteiger partial charge in [-0.05, 0) is 72.1 Å². The Bertz CT molecular complexity index is 876. The molecule has 0 aliphatic rings. The van der Waals surface area contributed by atoms with Crippen LogP contribution in [-0.2, 0) is 9.59 Å². The van der Waals surface area contributed by atoms with Crippen LogP contribution in [0.2, 0.25) is 0 Å². The summed E-state index contributed by atoms with van der Waals surface area (Å²) in [6.07, 6.45) is 2.29. The first kappa shape index (κ1) is 19.7. The normalized spacial score (nSPS) is 10.0. The second-order valence-corrected chi connectivity index (χ2v) is 6.88. The van der Waals surface area contributed by atoms with Crippen LogP contribution in [0, 0.1) is 5.82 Å². The van der Waals surface area contributed by atoms with Gasteiger partial charge in [-0.1, -0.05) is 13.2 Å². The lowest BCUT2D eigenvalue weighted by Crippen LogP contribution is -2.08. The van der Waals surface area contributed by atoms with E-state index in [2.05, 4.69) is 13.2 Å². The van der Waals surface area contributed by atoms with Crippen molar-refractivity contribution in [2.75, 3.05) is 0 Å². The number of halogens is 1. The van der Waals surface area contributed by atoms with Crippen molar-refractivity contribution < 1.29 is 23.5 Å². The van der Waals surface area contributed by atoms with E-state index >= 15 is 0 Å². The van der Waals surface area contributed by atoms with Crippen LogP contribution >= 0.6 is 23.5 Å². The van der Waals surface area contributed by atoms with E-state index in [-0.39, 0.29) is 26.4 Å². The van der Waals surface area contributed by atoms with Crippen LogP contribution in [0.1, 0.15) is 10.4 Å². The maximum atomic E-state index is 14.0. The van der Waals surface area contributed by atoms with Crippen molar-refractivity contribution >= 4 is 39.7 Å². The van der Waals surface area contributed by atoms with Crippen molar-refractivity contribution in [1.29, 1.82) is 0 Å². The summed E-state index contributed by atoms with van der Waals surface area (Å²) in [6, 6.07) is 9.99. The zero-order chi connectivity index (χ0) is 19.1. The molecule has 0 aliphatic heterocycles. The Balaban J connectivity index is 2.06. The Morgan fingerprint density at radius 1 is 0.923 bits per heavy atom. The number of benzene rings is 2. The molecule has 0 N–H and O–H groups in total. The number of carbonyl (C=O) groups excluding carboxylic acids is 3. The van der Waals surface area contributed by atoms with Crippen LogP contribution in [-0.4, -0.2) is 16.2 Å². The van der Waals surface area contributed by atoms with Gasteiger partial charge in [0.1, 0.15) is 11.6 Å². The van der Waals surface area contributed by atoms with E-state index in [9.17, 15) is 18.8 Å². The van der Waals surface area contributed by atoms with Gasteiger partial charge in [0.05, 0.1) is 10.5 Å². The SMILES string of the molecule is C=CC(=O)Sc1ccc(C(=O)Oc2ccc(SC(=O)C=C)c(F)c2)cc1. The lowest BCUT2D eigenvalue weighted by atomic mass is 10.2. The Kier molecular flexibility index (Phi) is 6.94. The molecule has 0 heterocycles. The Hall–Kier alpha value is -2.64. The molecule has 0 aliphatic carbocycles. The highest BCUT2D eigenvalue weighted by atomic mass is 32.2. The van der Waals surface area contributed by atoms with Crippen LogP contribution in [0.5, 0.6) is 5.75 Å². The molecule has 0 bridgehead atoms. The number of esters is 1. The van der Waals surface area contributed by atoms with E-state index in [4.69, 9.17) is 4.74 Å². The fourth-order valence-corrected chi connectivity index (χ4v) is 2.94. The maximum absolute atomic E-state index is 14.0. The zero-order valence-corrected chi connectivity index (χ0v) is 15.1. The minimum absolute atomic E-state index is 0.0168. The maximum Gasteiger partial charge on any atom is 0.343 e. The van der Waals surface area contributed by atoms with Crippen molar-refractivity contribution in [2.24, 2.45) is 0 Å². The molecule has 0 spiro atoms. The van der Waals surface area contributed by atoms with E-state index in [0.29, 0.717) is 16.7 Å². The molecule has 7 heteroatoms. The van der Waals surface area contributed by atoms with Gasteiger partial charge in [-0.15, -0.1) is 0 Å². The molecule has 2 aromatic rings. The fourth-order valence-electron chi connectivity index (χ4n) is 1.76. The molecule has 0 saturated carbocycles. The first-order chi connectivity index (χ1) is 12.4. The molecule has 0 radical (unpaired) electrons. The van der Waals surface area contributed by atoms with Gasteiger partial charge in [0.2, 0.25) is 10.2 Å². The zero-order valence-electron chi connectivity index (χ0n) is 13.4. The van der Waals surface area contributed by atoms with Gasteiger partial charge in [-0.3, -0.25) is 9.59 Å². The van der Waals surface area contributed by atoms with E-state index in [1.54, 1.807) is 12.1 Å². The van der Waals surface area contributed by atoms with Gasteiger partial charge in [0.25, 0.3) is 0 Å². The van der Waals surface area contributed by atoms with Crippen LogP contribution in [0.3, 0.4) is 0 Å². The Labute approximate surface area is 158 Å². The van der Waals surface area contributed by atoms with Crippen molar-refractivity contribution in [3.05, 3.63) is 79.2 Å². The topological polar surface area (TPSA) is 60.4 Å². The number of rotatable bonds is 6. The van der Waals surface area contributed by atoms with Gasteiger partial charge in [0, 0.05) is 11.0 Å². The molecule has 2 rings (SSSR count). The van der Waals surface area contributed by atoms with Crippen molar-refractivity contribution in [2.45, 2.75) is 9.79 Å². The van der Waals surface area contributed by atoms with Crippen LogP contribution in [0.25, 0.3) is 0 Å². The summed E-state index contributed by atoms with van der Waals surface area (Å²) in [5.74, 6) is -1.33. The molecule has 0 atom stereocenters. The summed E-state index contributed by atoms with van der Waals surface area (Å²) in [4.78, 5) is 35.4. The third-order valence-corrected chi connectivity index (χ3v) is 4.76. The monoisotopic (exact) mass is 388 g/mol. The third kappa shape index (κ3) is 5.44. The molecule has 0 fully saturated rings. The fraction of sp³-hybridized carbons (Fsp3) is 0. The highest BCUT2D eigenvalue weighted by molar-refractivity contribution is 8.14.